The van der Waals surface area contributed by atoms with Crippen LogP contribution in [0.25, 0.3) is 0 Å². The van der Waals surface area contributed by atoms with Crippen LogP contribution in [0.5, 0.6) is 0 Å². The summed E-state index contributed by atoms with van der Waals surface area (Å²) in [6.45, 7) is 0.0239. The lowest BCUT2D eigenvalue weighted by Gasteiger charge is -2.22. The number of carbonyl (C=O) groups is 2. The number of likely N-dealkylation sites (N-methyl/N-ethyl adjacent to an activating group) is 1. The first-order valence-corrected chi connectivity index (χ1v) is 5.55. The predicted octanol–water partition coefficient (Wildman–Crippen LogP) is 0.876. The minimum atomic E-state index is -1.34. The molecule has 1 aromatic rings. The summed E-state index contributed by atoms with van der Waals surface area (Å²) in [6, 6.07) is 8.48. The number of benzene rings is 1. The summed E-state index contributed by atoms with van der Waals surface area (Å²) in [6.07, 6.45) is -0.718. The van der Waals surface area contributed by atoms with E-state index in [1.54, 1.807) is 7.05 Å². The molecule has 4 N–H and O–H groups in total. The van der Waals surface area contributed by atoms with Crippen LogP contribution in [-0.2, 0) is 6.42 Å². The molecule has 1 rings (SSSR count). The first-order chi connectivity index (χ1) is 8.54. The van der Waals surface area contributed by atoms with Gasteiger partial charge in [-0.3, -0.25) is 0 Å². The van der Waals surface area contributed by atoms with E-state index in [-0.39, 0.29) is 12.6 Å². The monoisotopic (exact) mass is 251 g/mol. The molecule has 18 heavy (non-hydrogen) atoms. The second kappa shape index (κ2) is 6.61. The van der Waals surface area contributed by atoms with Gasteiger partial charge in [-0.25, -0.2) is 14.5 Å². The zero-order valence-corrected chi connectivity index (χ0v) is 10.2. The average molecular weight is 251 g/mol. The summed E-state index contributed by atoms with van der Waals surface area (Å²) in [5.74, 6) is 0. The van der Waals surface area contributed by atoms with Crippen molar-refractivity contribution >= 4 is 12.1 Å². The third kappa shape index (κ3) is 4.06. The number of imide groups is 1. The van der Waals surface area contributed by atoms with Crippen molar-refractivity contribution in [2.45, 2.75) is 12.5 Å². The van der Waals surface area contributed by atoms with E-state index in [1.807, 2.05) is 30.3 Å². The normalized spacial score (nSPS) is 11.8. The lowest BCUT2D eigenvalue weighted by Crippen LogP contribution is -2.48. The van der Waals surface area contributed by atoms with Crippen LogP contribution < -0.4 is 11.1 Å². The fourth-order valence-corrected chi connectivity index (χ4v) is 1.64. The summed E-state index contributed by atoms with van der Waals surface area (Å²) < 4.78 is 0. The Bertz CT molecular complexity index is 394. The number of hydrogen-bond acceptors (Lipinski definition) is 3. The Balaban J connectivity index is 2.67. The number of carboxylic acid groups (broad SMARTS) is 1. The molecule has 0 unspecified atom stereocenters. The van der Waals surface area contributed by atoms with Crippen molar-refractivity contribution in [2.24, 2.45) is 5.73 Å². The first kappa shape index (κ1) is 14.0. The Kier molecular flexibility index (Phi) is 5.13. The molecule has 0 spiro atoms. The summed E-state index contributed by atoms with van der Waals surface area (Å²) in [5.41, 5.74) is 6.07. The second-order valence-electron chi connectivity index (χ2n) is 3.91. The molecule has 0 heterocycles. The maximum Gasteiger partial charge on any atom is 0.415 e. The van der Waals surface area contributed by atoms with Crippen LogP contribution >= 0.6 is 0 Å². The van der Waals surface area contributed by atoms with Gasteiger partial charge in [0.2, 0.25) is 0 Å². The molecule has 0 aliphatic heterocycles. The summed E-state index contributed by atoms with van der Waals surface area (Å²) in [4.78, 5) is 22.4. The van der Waals surface area contributed by atoms with Crippen molar-refractivity contribution in [3.05, 3.63) is 35.9 Å². The van der Waals surface area contributed by atoms with Crippen molar-refractivity contribution in [3.8, 4) is 0 Å². The zero-order valence-electron chi connectivity index (χ0n) is 10.2. The van der Waals surface area contributed by atoms with Gasteiger partial charge in [0.15, 0.2) is 0 Å². The number of rotatable bonds is 5. The van der Waals surface area contributed by atoms with Crippen molar-refractivity contribution in [2.75, 3.05) is 13.6 Å². The summed E-state index contributed by atoms with van der Waals surface area (Å²) in [7, 11) is 1.72. The molecule has 1 atom stereocenters. The van der Waals surface area contributed by atoms with Crippen LogP contribution in [0.2, 0.25) is 0 Å². The van der Waals surface area contributed by atoms with Crippen molar-refractivity contribution in [1.82, 2.24) is 10.2 Å². The van der Waals surface area contributed by atoms with E-state index in [0.717, 1.165) is 5.56 Å². The molecule has 0 fully saturated rings. The standard InChI is InChI=1S/C12H17N3O3/c1-14-10(7-9-5-3-2-4-6-9)8-15(11(13)16)12(17)18/h2-6,10,14H,7-8H2,1H3,(H2,13,16)(H,17,18)/t10-/m0/s1. The molecule has 0 radical (unpaired) electrons. The molecule has 3 amide bonds. The molecule has 0 saturated carbocycles. The number of carbonyl (C=O) groups excluding carboxylic acids is 1. The van der Waals surface area contributed by atoms with Gasteiger partial charge in [-0.1, -0.05) is 30.3 Å². The smallest absolute Gasteiger partial charge is 0.415 e. The predicted molar refractivity (Wildman–Crippen MR) is 67.3 cm³/mol. The van der Waals surface area contributed by atoms with Crippen LogP contribution in [0.4, 0.5) is 9.59 Å². The number of hydrogen-bond donors (Lipinski definition) is 3. The zero-order chi connectivity index (χ0) is 13.5. The average Bonchev–Trinajstić information content (AvgIpc) is 2.34. The fraction of sp³-hybridized carbons (Fsp3) is 0.333. The van der Waals surface area contributed by atoms with E-state index >= 15 is 0 Å². The van der Waals surface area contributed by atoms with E-state index in [2.05, 4.69) is 5.32 Å². The lowest BCUT2D eigenvalue weighted by molar-refractivity contribution is 0.147. The van der Waals surface area contributed by atoms with Crippen LogP contribution in [0.1, 0.15) is 5.56 Å². The molecule has 6 nitrogen and oxygen atoms in total. The van der Waals surface area contributed by atoms with Gasteiger partial charge in [-0.15, -0.1) is 0 Å². The first-order valence-electron chi connectivity index (χ1n) is 5.55. The maximum absolute atomic E-state index is 11.0. The molecule has 0 aliphatic carbocycles. The van der Waals surface area contributed by atoms with E-state index in [0.29, 0.717) is 11.3 Å². The second-order valence-corrected chi connectivity index (χ2v) is 3.91. The van der Waals surface area contributed by atoms with Crippen molar-refractivity contribution in [3.63, 3.8) is 0 Å². The number of urea groups is 1. The van der Waals surface area contributed by atoms with Crippen molar-refractivity contribution in [1.29, 1.82) is 0 Å². The summed E-state index contributed by atoms with van der Waals surface area (Å²) >= 11 is 0. The van der Waals surface area contributed by atoms with E-state index in [1.165, 1.54) is 0 Å². The number of amides is 3. The van der Waals surface area contributed by atoms with Crippen LogP contribution in [0.15, 0.2) is 30.3 Å². The lowest BCUT2D eigenvalue weighted by atomic mass is 10.1. The van der Waals surface area contributed by atoms with Crippen LogP contribution in [-0.4, -0.2) is 41.8 Å². The highest BCUT2D eigenvalue weighted by Gasteiger charge is 2.21. The van der Waals surface area contributed by atoms with E-state index < -0.39 is 12.1 Å². The fourth-order valence-electron chi connectivity index (χ4n) is 1.64. The molecule has 0 aliphatic rings. The highest BCUT2D eigenvalue weighted by atomic mass is 16.4. The van der Waals surface area contributed by atoms with Crippen molar-refractivity contribution < 1.29 is 14.7 Å². The molecular weight excluding hydrogens is 234 g/mol. The quantitative estimate of drug-likeness (QED) is 0.723. The van der Waals surface area contributed by atoms with Crippen LogP contribution in [0.3, 0.4) is 0 Å². The van der Waals surface area contributed by atoms with Crippen LogP contribution in [0, 0.1) is 0 Å². The Morgan fingerprint density at radius 2 is 2.00 bits per heavy atom. The maximum atomic E-state index is 11.0. The number of nitrogens with zero attached hydrogens (tertiary/aromatic N) is 1. The Hall–Kier alpha value is -2.08. The Morgan fingerprint density at radius 3 is 2.44 bits per heavy atom. The minimum Gasteiger partial charge on any atom is -0.465 e. The molecule has 0 aromatic heterocycles. The minimum absolute atomic E-state index is 0.0239. The van der Waals surface area contributed by atoms with Gasteiger partial charge < -0.3 is 16.2 Å². The van der Waals surface area contributed by atoms with Gasteiger partial charge >= 0.3 is 12.1 Å². The van der Waals surface area contributed by atoms with E-state index in [9.17, 15) is 9.59 Å². The highest BCUT2D eigenvalue weighted by molar-refractivity contribution is 5.88. The number of nitrogens with one attached hydrogen (secondary N) is 1. The van der Waals surface area contributed by atoms with Gasteiger partial charge in [0.05, 0.1) is 0 Å². The Morgan fingerprint density at radius 1 is 1.39 bits per heavy atom. The molecule has 0 saturated heterocycles. The van der Waals surface area contributed by atoms with Gasteiger partial charge in [0, 0.05) is 12.6 Å². The summed E-state index contributed by atoms with van der Waals surface area (Å²) in [5, 5.41) is 11.8. The molecule has 1 aromatic carbocycles. The van der Waals surface area contributed by atoms with E-state index in [4.69, 9.17) is 10.8 Å². The number of primary amides is 1. The third-order valence-corrected chi connectivity index (χ3v) is 2.63. The third-order valence-electron chi connectivity index (χ3n) is 2.63. The Labute approximate surface area is 105 Å². The van der Waals surface area contributed by atoms with Gasteiger partial charge in [-0.2, -0.15) is 0 Å². The highest BCUT2D eigenvalue weighted by Crippen LogP contribution is 2.05. The number of nitrogens with two attached hydrogens (primary N) is 1. The molecular formula is C12H17N3O3. The van der Waals surface area contributed by atoms with Gasteiger partial charge in [-0.05, 0) is 19.0 Å². The topological polar surface area (TPSA) is 95.7 Å². The molecule has 98 valence electrons. The largest absolute Gasteiger partial charge is 0.465 e. The van der Waals surface area contributed by atoms with Gasteiger partial charge in [0.1, 0.15) is 0 Å². The molecule has 6 heteroatoms. The SMILES string of the molecule is CN[C@@H](Cc1ccccc1)CN(C(N)=O)C(=O)O. The molecule has 0 bridgehead atoms. The van der Waals surface area contributed by atoms with Gasteiger partial charge in [0.25, 0.3) is 0 Å².